The largest absolute Gasteiger partial charge is 1.00 e. The van der Waals surface area contributed by atoms with E-state index < -0.39 is 5.56 Å². The van der Waals surface area contributed by atoms with E-state index in [1.165, 1.54) is 43.8 Å². The number of quaternary nitrogens is 1. The molecule has 2 saturated carbocycles. The first-order valence-electron chi connectivity index (χ1n) is 16.3. The Morgan fingerprint density at radius 1 is 0.953 bits per heavy atom. The summed E-state index contributed by atoms with van der Waals surface area (Å²) in [6.45, 7) is 8.33. The monoisotopic (exact) mass is 753 g/mol. The van der Waals surface area contributed by atoms with Gasteiger partial charge in [-0.25, -0.2) is 0 Å². The normalized spacial score (nSPS) is 22.6. The zero-order chi connectivity index (χ0) is 30.4. The van der Waals surface area contributed by atoms with Gasteiger partial charge in [0.2, 0.25) is 6.23 Å². The topological polar surface area (TPSA) is 87.6 Å². The molecule has 246 valence electrons. The van der Waals surface area contributed by atoms with Gasteiger partial charge in [0, 0.05) is 18.9 Å². The van der Waals surface area contributed by atoms with Crippen LogP contribution in [0.25, 0.3) is 5.57 Å². The van der Waals surface area contributed by atoms with Crippen LogP contribution in [0, 0.1) is 11.8 Å². The number of alkyl halides is 1. The van der Waals surface area contributed by atoms with Crippen molar-refractivity contribution in [2.75, 3.05) is 26.7 Å². The number of carbonyl (C=O) groups is 2. The maximum Gasteiger partial charge on any atom is 0.313 e. The summed E-state index contributed by atoms with van der Waals surface area (Å²) < 4.78 is 26.4. The van der Waals surface area contributed by atoms with Crippen LogP contribution < -0.4 is 28.7 Å². The van der Waals surface area contributed by atoms with Crippen LogP contribution in [0.5, 0.6) is 5.88 Å². The molecular weight excluding hydrogens is 701 g/mol. The molecule has 3 unspecified atom stereocenters. The highest BCUT2D eigenvalue weighted by Crippen LogP contribution is 2.33. The van der Waals surface area contributed by atoms with E-state index >= 15 is 0 Å². The number of ether oxygens (including phenoxy) is 3. The van der Waals surface area contributed by atoms with Gasteiger partial charge in [-0.15, -0.1) is 4.37 Å². The molecule has 0 aromatic carbocycles. The molecule has 4 rings (SSSR count). The van der Waals surface area contributed by atoms with Crippen LogP contribution in [-0.4, -0.2) is 63.7 Å². The summed E-state index contributed by atoms with van der Waals surface area (Å²) in [7, 11) is 2.18. The summed E-state index contributed by atoms with van der Waals surface area (Å²) >= 11 is 6.76. The third kappa shape index (κ3) is 12.7. The number of halogens is 2. The lowest BCUT2D eigenvalue weighted by Crippen LogP contribution is -3.00. The Hall–Kier alpha value is -0.980. The van der Waals surface area contributed by atoms with Crippen molar-refractivity contribution >= 4 is 40.8 Å². The number of hydrogen-bond acceptors (Lipinski definition) is 8. The second-order valence-corrected chi connectivity index (χ2v) is 13.5. The van der Waals surface area contributed by atoms with Gasteiger partial charge in [-0.05, 0) is 39.0 Å². The highest BCUT2D eigenvalue weighted by Gasteiger charge is 2.38. The lowest BCUT2D eigenvalue weighted by atomic mass is 9.89. The lowest BCUT2D eigenvalue weighted by molar-refractivity contribution is -0.944. The van der Waals surface area contributed by atoms with Gasteiger partial charge in [0.1, 0.15) is 12.2 Å². The summed E-state index contributed by atoms with van der Waals surface area (Å²) in [5.74, 6) is 0.729. The first-order chi connectivity index (χ1) is 20.2. The molecule has 0 N–H and O–H groups in total. The Labute approximate surface area is 285 Å². The molecule has 8 nitrogen and oxygen atoms in total. The smallest absolute Gasteiger partial charge is 0.313 e. The quantitative estimate of drug-likeness (QED) is 0.0988. The van der Waals surface area contributed by atoms with E-state index in [4.69, 9.17) is 25.8 Å². The average Bonchev–Trinajstić information content (AvgIpc) is 3.46. The minimum Gasteiger partial charge on any atom is -1.00 e. The maximum atomic E-state index is 12.7. The van der Waals surface area contributed by atoms with E-state index in [9.17, 15) is 9.59 Å². The number of likely N-dealkylation sites (N-methyl/N-ethyl adjacent to an activating group) is 1. The molecule has 0 saturated heterocycles. The summed E-state index contributed by atoms with van der Waals surface area (Å²) in [5.41, 5.74) is 1.53. The molecule has 0 radical (unpaired) electrons. The molecule has 2 heterocycles. The van der Waals surface area contributed by atoms with Gasteiger partial charge >= 0.3 is 11.9 Å². The van der Waals surface area contributed by atoms with E-state index in [-0.39, 0.29) is 54.0 Å². The molecular formula is C32H53ClIN3O5S. The number of rotatable bonds is 12. The molecule has 0 bridgehead atoms. The third-order valence-electron chi connectivity index (χ3n) is 8.88. The number of esters is 2. The Balaban J connectivity index is 0.000000418. The van der Waals surface area contributed by atoms with Crippen molar-refractivity contribution in [3.8, 4) is 5.88 Å². The van der Waals surface area contributed by atoms with Crippen molar-refractivity contribution in [1.82, 2.24) is 8.75 Å². The fraction of sp³-hybridized carbons (Fsp3) is 0.812. The van der Waals surface area contributed by atoms with E-state index in [2.05, 4.69) is 28.8 Å². The molecule has 3 aliphatic rings. The first kappa shape index (κ1) is 38.2. The van der Waals surface area contributed by atoms with Gasteiger partial charge in [-0.3, -0.25) is 14.1 Å². The number of nitrogens with zero attached hydrogens (tertiary/aromatic N) is 3. The number of hydrogen-bond donors (Lipinski definition) is 0. The van der Waals surface area contributed by atoms with Crippen LogP contribution in [-0.2, 0) is 19.1 Å². The number of aromatic nitrogens is 2. The second kappa shape index (κ2) is 20.2. The first-order valence-corrected chi connectivity index (χ1v) is 17.4. The minimum absolute atomic E-state index is 0. The fourth-order valence-electron chi connectivity index (χ4n) is 6.04. The molecule has 1 aromatic heterocycles. The Morgan fingerprint density at radius 2 is 1.56 bits per heavy atom. The second-order valence-electron chi connectivity index (χ2n) is 12.4. The predicted molar refractivity (Wildman–Crippen MR) is 168 cm³/mol. The van der Waals surface area contributed by atoms with Crippen LogP contribution >= 0.6 is 23.3 Å². The van der Waals surface area contributed by atoms with E-state index in [1.54, 1.807) is 6.92 Å². The van der Waals surface area contributed by atoms with Crippen LogP contribution in [0.3, 0.4) is 0 Å². The summed E-state index contributed by atoms with van der Waals surface area (Å²) in [6, 6.07) is 0. The van der Waals surface area contributed by atoms with Crippen molar-refractivity contribution in [2.24, 2.45) is 11.8 Å². The molecule has 2 aliphatic carbocycles. The maximum absolute atomic E-state index is 12.7. The van der Waals surface area contributed by atoms with Gasteiger partial charge in [-0.1, -0.05) is 82.4 Å². The predicted octanol–water partition coefficient (Wildman–Crippen LogP) is 4.90. The fourth-order valence-corrected chi connectivity index (χ4v) is 6.66. The molecule has 2 fully saturated rings. The van der Waals surface area contributed by atoms with Crippen molar-refractivity contribution in [3.05, 3.63) is 11.8 Å². The van der Waals surface area contributed by atoms with Gasteiger partial charge in [-0.2, -0.15) is 4.37 Å². The Bertz CT molecular complexity index is 997. The van der Waals surface area contributed by atoms with Crippen LogP contribution in [0.4, 0.5) is 0 Å². The zero-order valence-electron chi connectivity index (χ0n) is 26.7. The standard InChI is InChI=1S/C23H38N3O3S.C9H15ClO2.HI/c1-4-5-6-10-16-28-22-21(24-30-25-22)20-14-11-15-26(3,17-20)18(2)29-23(27)19-12-8-7-9-13-19;1-7(10)12-9(11)8-5-3-2-4-6-8;/h14,18-19H,4-13,15-17H2,1-3H3;7-8H,2-6H2,1H3;1H/q+1;;/p-1. The number of carbonyl (C=O) groups excluding carboxylic acids is 2. The van der Waals surface area contributed by atoms with Crippen molar-refractivity contribution in [2.45, 2.75) is 129 Å². The minimum atomic E-state index is -0.487. The van der Waals surface area contributed by atoms with Crippen molar-refractivity contribution in [3.63, 3.8) is 0 Å². The summed E-state index contributed by atoms with van der Waals surface area (Å²) in [4.78, 5) is 24.0. The average molecular weight is 754 g/mol. The van der Waals surface area contributed by atoms with E-state index in [1.807, 2.05) is 6.92 Å². The van der Waals surface area contributed by atoms with Crippen molar-refractivity contribution in [1.29, 1.82) is 0 Å². The van der Waals surface area contributed by atoms with Gasteiger partial charge in [0.05, 0.1) is 43.8 Å². The molecule has 1 aromatic rings. The number of unbranched alkanes of at least 4 members (excludes halogenated alkanes) is 3. The van der Waals surface area contributed by atoms with E-state index in [0.29, 0.717) is 17.0 Å². The van der Waals surface area contributed by atoms with Crippen LogP contribution in [0.15, 0.2) is 6.08 Å². The summed E-state index contributed by atoms with van der Waals surface area (Å²) in [6.07, 6.45) is 18.7. The molecule has 0 amide bonds. The van der Waals surface area contributed by atoms with Crippen LogP contribution in [0.2, 0.25) is 0 Å². The zero-order valence-corrected chi connectivity index (χ0v) is 30.4. The summed E-state index contributed by atoms with van der Waals surface area (Å²) in [5, 5.41) is 0. The molecule has 11 heteroatoms. The van der Waals surface area contributed by atoms with Gasteiger partial charge < -0.3 is 38.2 Å². The van der Waals surface area contributed by atoms with Crippen molar-refractivity contribution < 1.29 is 52.3 Å². The highest BCUT2D eigenvalue weighted by atomic mass is 127. The van der Waals surface area contributed by atoms with E-state index in [0.717, 1.165) is 88.6 Å². The van der Waals surface area contributed by atoms with Gasteiger partial charge in [0.15, 0.2) is 5.56 Å². The Kier molecular flexibility index (Phi) is 18.0. The third-order valence-corrected chi connectivity index (χ3v) is 9.48. The molecule has 0 spiro atoms. The van der Waals surface area contributed by atoms with Gasteiger partial charge in [0.25, 0.3) is 5.88 Å². The molecule has 1 aliphatic heterocycles. The SMILES string of the molecule is CC(Cl)OC(=O)C1CCCCC1.CCCCCCOc1nsnc1C1=CCC[N+](C)(C(C)OC(=O)C2CCCCC2)C1.[I-]. The molecule has 43 heavy (non-hydrogen) atoms. The lowest BCUT2D eigenvalue weighted by Gasteiger charge is -2.41. The Morgan fingerprint density at radius 3 is 2.14 bits per heavy atom. The highest BCUT2D eigenvalue weighted by molar-refractivity contribution is 6.99. The van der Waals surface area contributed by atoms with Crippen LogP contribution in [0.1, 0.15) is 123 Å². The molecule has 3 atom stereocenters.